The third-order valence-electron chi connectivity index (χ3n) is 5.09. The molecule has 0 spiro atoms. The Morgan fingerprint density at radius 1 is 0.962 bits per heavy atom. The summed E-state index contributed by atoms with van der Waals surface area (Å²) in [6, 6.07) is 16.1. The largest absolute Gasteiger partial charge is 0.361 e. The molecular formula is C21H22ClN3O. The standard InChI is InChI=1S/C21H22ClN3O/c22-19-7-3-1-5-16(19)15-24-9-11-25(12-10-24)21(26)13-17-14-23-20-8-4-2-6-18(17)20/h1-8,14,23H,9-13,15H2. The van der Waals surface area contributed by atoms with Crippen molar-refractivity contribution in [1.29, 1.82) is 0 Å². The van der Waals surface area contributed by atoms with Crippen molar-refractivity contribution in [1.82, 2.24) is 14.8 Å². The first-order valence-corrected chi connectivity index (χ1v) is 9.37. The Hall–Kier alpha value is -2.30. The van der Waals surface area contributed by atoms with Crippen molar-refractivity contribution in [3.8, 4) is 0 Å². The number of nitrogens with zero attached hydrogens (tertiary/aromatic N) is 2. The van der Waals surface area contributed by atoms with Gasteiger partial charge in [-0.1, -0.05) is 48.0 Å². The molecule has 0 atom stereocenters. The minimum Gasteiger partial charge on any atom is -0.361 e. The van der Waals surface area contributed by atoms with Crippen LogP contribution in [0.1, 0.15) is 11.1 Å². The van der Waals surface area contributed by atoms with Gasteiger partial charge in [-0.3, -0.25) is 9.69 Å². The van der Waals surface area contributed by atoms with Crippen molar-refractivity contribution in [2.24, 2.45) is 0 Å². The minimum absolute atomic E-state index is 0.201. The van der Waals surface area contributed by atoms with Gasteiger partial charge in [0.05, 0.1) is 6.42 Å². The smallest absolute Gasteiger partial charge is 0.227 e. The molecule has 1 N–H and O–H groups in total. The van der Waals surface area contributed by atoms with Gasteiger partial charge in [-0.25, -0.2) is 0 Å². The van der Waals surface area contributed by atoms with Crippen LogP contribution in [-0.2, 0) is 17.8 Å². The van der Waals surface area contributed by atoms with Gasteiger partial charge in [-0.2, -0.15) is 0 Å². The van der Waals surface area contributed by atoms with Crippen LogP contribution in [-0.4, -0.2) is 46.9 Å². The lowest BCUT2D eigenvalue weighted by atomic mass is 10.1. The van der Waals surface area contributed by atoms with Gasteiger partial charge < -0.3 is 9.88 Å². The molecule has 0 unspecified atom stereocenters. The maximum absolute atomic E-state index is 12.7. The first-order chi connectivity index (χ1) is 12.7. The molecule has 0 radical (unpaired) electrons. The second-order valence-electron chi connectivity index (χ2n) is 6.78. The summed E-state index contributed by atoms with van der Waals surface area (Å²) in [6.07, 6.45) is 2.41. The zero-order valence-corrected chi connectivity index (χ0v) is 15.4. The van der Waals surface area contributed by atoms with E-state index in [1.54, 1.807) is 0 Å². The SMILES string of the molecule is O=C(Cc1c[nH]c2ccccc12)N1CCN(Cc2ccccc2Cl)CC1. The van der Waals surface area contributed by atoms with Gasteiger partial charge in [-0.05, 0) is 23.3 Å². The average Bonchev–Trinajstić information content (AvgIpc) is 3.07. The molecule has 0 aliphatic carbocycles. The molecule has 1 amide bonds. The summed E-state index contributed by atoms with van der Waals surface area (Å²) in [7, 11) is 0. The number of nitrogens with one attached hydrogen (secondary N) is 1. The van der Waals surface area contributed by atoms with Crippen molar-refractivity contribution in [3.63, 3.8) is 0 Å². The van der Waals surface area contributed by atoms with E-state index in [0.717, 1.165) is 59.8 Å². The van der Waals surface area contributed by atoms with Gasteiger partial charge >= 0.3 is 0 Å². The molecule has 134 valence electrons. The maximum atomic E-state index is 12.7. The van der Waals surface area contributed by atoms with E-state index in [1.165, 1.54) is 0 Å². The predicted octanol–water partition coefficient (Wildman–Crippen LogP) is 3.71. The summed E-state index contributed by atoms with van der Waals surface area (Å²) in [6.45, 7) is 4.14. The highest BCUT2D eigenvalue weighted by atomic mass is 35.5. The molecule has 1 aromatic heterocycles. The summed E-state index contributed by atoms with van der Waals surface area (Å²) in [4.78, 5) is 20.3. The van der Waals surface area contributed by atoms with Gasteiger partial charge in [0, 0.05) is 54.8 Å². The molecule has 0 bridgehead atoms. The number of piperazine rings is 1. The molecule has 0 saturated carbocycles. The second-order valence-corrected chi connectivity index (χ2v) is 7.19. The van der Waals surface area contributed by atoms with E-state index in [4.69, 9.17) is 11.6 Å². The molecule has 1 fully saturated rings. The topological polar surface area (TPSA) is 39.3 Å². The number of carbonyl (C=O) groups excluding carboxylic acids is 1. The number of carbonyl (C=O) groups is 1. The van der Waals surface area contributed by atoms with Gasteiger partial charge in [0.2, 0.25) is 5.91 Å². The van der Waals surface area contributed by atoms with Crippen LogP contribution >= 0.6 is 11.6 Å². The zero-order chi connectivity index (χ0) is 17.9. The molecule has 1 saturated heterocycles. The van der Waals surface area contributed by atoms with E-state index < -0.39 is 0 Å². The molecule has 4 rings (SSSR count). The van der Waals surface area contributed by atoms with Crippen LogP contribution in [0.15, 0.2) is 54.7 Å². The van der Waals surface area contributed by atoms with Crippen molar-refractivity contribution in [2.75, 3.05) is 26.2 Å². The summed E-state index contributed by atoms with van der Waals surface area (Å²) in [5, 5.41) is 1.95. The van der Waals surface area contributed by atoms with Crippen LogP contribution in [0.5, 0.6) is 0 Å². The maximum Gasteiger partial charge on any atom is 0.227 e. The average molecular weight is 368 g/mol. The Morgan fingerprint density at radius 2 is 1.69 bits per heavy atom. The molecule has 3 aromatic rings. The van der Waals surface area contributed by atoms with Crippen LogP contribution < -0.4 is 0 Å². The normalized spacial score (nSPS) is 15.5. The lowest BCUT2D eigenvalue weighted by Crippen LogP contribution is -2.48. The number of aromatic amines is 1. The van der Waals surface area contributed by atoms with E-state index >= 15 is 0 Å². The van der Waals surface area contributed by atoms with E-state index in [2.05, 4.69) is 22.0 Å². The van der Waals surface area contributed by atoms with Crippen molar-refractivity contribution >= 4 is 28.4 Å². The molecule has 2 aromatic carbocycles. The fourth-order valence-electron chi connectivity index (χ4n) is 3.58. The predicted molar refractivity (Wildman–Crippen MR) is 105 cm³/mol. The third-order valence-corrected chi connectivity index (χ3v) is 5.46. The highest BCUT2D eigenvalue weighted by Gasteiger charge is 2.22. The minimum atomic E-state index is 0.201. The van der Waals surface area contributed by atoms with Crippen LogP contribution in [0, 0.1) is 0 Å². The van der Waals surface area contributed by atoms with Crippen molar-refractivity contribution < 1.29 is 4.79 Å². The highest BCUT2D eigenvalue weighted by Crippen LogP contribution is 2.20. The van der Waals surface area contributed by atoms with E-state index in [-0.39, 0.29) is 5.91 Å². The monoisotopic (exact) mass is 367 g/mol. The Labute approximate surface area is 158 Å². The molecular weight excluding hydrogens is 346 g/mol. The van der Waals surface area contributed by atoms with Crippen LogP contribution in [0.2, 0.25) is 5.02 Å². The van der Waals surface area contributed by atoms with Gasteiger partial charge in [0.1, 0.15) is 0 Å². The number of hydrogen-bond donors (Lipinski definition) is 1. The Balaban J connectivity index is 1.34. The number of hydrogen-bond acceptors (Lipinski definition) is 2. The number of amides is 1. The first kappa shape index (κ1) is 17.1. The van der Waals surface area contributed by atoms with E-state index in [9.17, 15) is 4.79 Å². The molecule has 1 aliphatic heterocycles. The van der Waals surface area contributed by atoms with Gasteiger partial charge in [-0.15, -0.1) is 0 Å². The summed E-state index contributed by atoms with van der Waals surface area (Å²) < 4.78 is 0. The van der Waals surface area contributed by atoms with E-state index in [0.29, 0.717) is 6.42 Å². The molecule has 2 heterocycles. The number of H-pyrrole nitrogens is 1. The number of halogens is 1. The number of aromatic nitrogens is 1. The molecule has 1 aliphatic rings. The summed E-state index contributed by atoms with van der Waals surface area (Å²) in [5.41, 5.74) is 3.30. The number of benzene rings is 2. The van der Waals surface area contributed by atoms with Gasteiger partial charge in [0.25, 0.3) is 0 Å². The fraction of sp³-hybridized carbons (Fsp3) is 0.286. The first-order valence-electron chi connectivity index (χ1n) is 8.99. The lowest BCUT2D eigenvalue weighted by Gasteiger charge is -2.35. The molecule has 5 heteroatoms. The van der Waals surface area contributed by atoms with Crippen molar-refractivity contribution in [3.05, 3.63) is 70.9 Å². The molecule has 4 nitrogen and oxygen atoms in total. The Kier molecular flexibility index (Phi) is 4.96. The second kappa shape index (κ2) is 7.52. The van der Waals surface area contributed by atoms with Crippen LogP contribution in [0.3, 0.4) is 0 Å². The number of rotatable bonds is 4. The zero-order valence-electron chi connectivity index (χ0n) is 14.6. The quantitative estimate of drug-likeness (QED) is 0.763. The van der Waals surface area contributed by atoms with Crippen LogP contribution in [0.25, 0.3) is 10.9 Å². The molecule has 26 heavy (non-hydrogen) atoms. The summed E-state index contributed by atoms with van der Waals surface area (Å²) in [5.74, 6) is 0.201. The Bertz CT molecular complexity index is 912. The van der Waals surface area contributed by atoms with E-state index in [1.807, 2.05) is 47.5 Å². The Morgan fingerprint density at radius 3 is 2.50 bits per heavy atom. The number of para-hydroxylation sites is 1. The fourth-order valence-corrected chi connectivity index (χ4v) is 3.77. The van der Waals surface area contributed by atoms with Gasteiger partial charge in [0.15, 0.2) is 0 Å². The lowest BCUT2D eigenvalue weighted by molar-refractivity contribution is -0.132. The summed E-state index contributed by atoms with van der Waals surface area (Å²) >= 11 is 6.26. The third kappa shape index (κ3) is 3.62. The number of fused-ring (bicyclic) bond motifs is 1. The van der Waals surface area contributed by atoms with Crippen LogP contribution in [0.4, 0.5) is 0 Å². The highest BCUT2D eigenvalue weighted by molar-refractivity contribution is 6.31. The van der Waals surface area contributed by atoms with Crippen molar-refractivity contribution in [2.45, 2.75) is 13.0 Å².